The quantitative estimate of drug-likeness (QED) is 0.514. The van der Waals surface area contributed by atoms with Crippen molar-refractivity contribution in [1.82, 2.24) is 9.80 Å². The topological polar surface area (TPSA) is 70.1 Å². The molecule has 0 bridgehead atoms. The molecular formula is C24H22BrClN2O4. The fraction of sp³-hybridized carbons (Fsp3) is 0.250. The number of carboxylic acid groups (broad SMARTS) is 1. The second kappa shape index (κ2) is 9.90. The van der Waals surface area contributed by atoms with Crippen molar-refractivity contribution in [3.8, 4) is 5.75 Å². The van der Waals surface area contributed by atoms with Crippen molar-refractivity contribution in [3.05, 3.63) is 75.2 Å². The monoisotopic (exact) mass is 516 g/mol. The van der Waals surface area contributed by atoms with E-state index in [-0.39, 0.29) is 23.8 Å². The molecule has 3 aromatic rings. The van der Waals surface area contributed by atoms with Gasteiger partial charge in [-0.2, -0.15) is 0 Å². The first-order valence-corrected chi connectivity index (χ1v) is 11.4. The maximum absolute atomic E-state index is 12.7. The summed E-state index contributed by atoms with van der Waals surface area (Å²) in [5.74, 6) is -1.09. The molecule has 0 aromatic heterocycles. The van der Waals surface area contributed by atoms with E-state index in [4.69, 9.17) is 16.3 Å². The molecule has 1 aliphatic rings. The molecule has 1 N–H and O–H groups in total. The second-order valence-corrected chi connectivity index (χ2v) is 8.90. The number of fused-ring (bicyclic) bond motifs is 1. The maximum Gasteiger partial charge on any atom is 0.339 e. The Balaban J connectivity index is 1.38. The highest BCUT2D eigenvalue weighted by Crippen LogP contribution is 2.36. The predicted octanol–water partition coefficient (Wildman–Crippen LogP) is 4.68. The third-order valence-electron chi connectivity index (χ3n) is 5.56. The molecule has 1 amide bonds. The van der Waals surface area contributed by atoms with Crippen molar-refractivity contribution in [1.29, 1.82) is 0 Å². The van der Waals surface area contributed by atoms with E-state index < -0.39 is 5.97 Å². The first-order chi connectivity index (χ1) is 15.4. The number of carbonyl (C=O) groups is 2. The number of hydrogen-bond donors (Lipinski definition) is 1. The number of carboxylic acids is 1. The van der Waals surface area contributed by atoms with Crippen LogP contribution in [0.25, 0.3) is 10.8 Å². The minimum absolute atomic E-state index is 0.0242. The number of nitrogens with zero attached hydrogens (tertiary/aromatic N) is 2. The smallest absolute Gasteiger partial charge is 0.339 e. The fourth-order valence-corrected chi connectivity index (χ4v) is 4.63. The number of halogens is 2. The zero-order valence-electron chi connectivity index (χ0n) is 17.3. The summed E-state index contributed by atoms with van der Waals surface area (Å²) in [7, 11) is 0. The van der Waals surface area contributed by atoms with Crippen LogP contribution in [0.3, 0.4) is 0 Å². The van der Waals surface area contributed by atoms with Gasteiger partial charge in [0, 0.05) is 37.7 Å². The van der Waals surface area contributed by atoms with Gasteiger partial charge in [-0.25, -0.2) is 4.79 Å². The zero-order chi connectivity index (χ0) is 22.7. The molecule has 0 radical (unpaired) electrons. The van der Waals surface area contributed by atoms with Crippen LogP contribution in [0.1, 0.15) is 15.9 Å². The van der Waals surface area contributed by atoms with E-state index in [0.717, 1.165) is 30.4 Å². The van der Waals surface area contributed by atoms with E-state index in [1.54, 1.807) is 11.0 Å². The number of carbonyl (C=O) groups excluding carboxylic acids is 1. The van der Waals surface area contributed by atoms with E-state index >= 15 is 0 Å². The highest BCUT2D eigenvalue weighted by atomic mass is 79.9. The van der Waals surface area contributed by atoms with Crippen molar-refractivity contribution in [2.75, 3.05) is 32.8 Å². The third-order valence-corrected chi connectivity index (χ3v) is 6.60. The van der Waals surface area contributed by atoms with Gasteiger partial charge in [0.2, 0.25) is 0 Å². The summed E-state index contributed by atoms with van der Waals surface area (Å²) in [6.07, 6.45) is 0. The Bertz CT molecular complexity index is 1140. The second-order valence-electron chi connectivity index (χ2n) is 7.67. The normalized spacial score (nSPS) is 14.5. The Morgan fingerprint density at radius 2 is 1.72 bits per heavy atom. The molecule has 1 heterocycles. The van der Waals surface area contributed by atoms with Crippen LogP contribution in [0.15, 0.2) is 59.1 Å². The molecule has 4 rings (SSSR count). The van der Waals surface area contributed by atoms with Crippen molar-refractivity contribution in [3.63, 3.8) is 0 Å². The molecule has 0 atom stereocenters. The van der Waals surface area contributed by atoms with Gasteiger partial charge in [0.1, 0.15) is 11.3 Å². The van der Waals surface area contributed by atoms with Gasteiger partial charge in [0.25, 0.3) is 5.91 Å². The first-order valence-electron chi connectivity index (χ1n) is 10.2. The Kier molecular flexibility index (Phi) is 6.98. The summed E-state index contributed by atoms with van der Waals surface area (Å²) < 4.78 is 6.28. The van der Waals surface area contributed by atoms with Crippen LogP contribution in [0.5, 0.6) is 5.75 Å². The molecule has 6 nitrogen and oxygen atoms in total. The van der Waals surface area contributed by atoms with Crippen LogP contribution in [0.2, 0.25) is 5.02 Å². The largest absolute Gasteiger partial charge is 0.482 e. The molecule has 8 heteroatoms. The van der Waals surface area contributed by atoms with Crippen molar-refractivity contribution >= 4 is 50.2 Å². The molecule has 0 spiro atoms. The van der Waals surface area contributed by atoms with Crippen LogP contribution >= 0.6 is 27.5 Å². The maximum atomic E-state index is 12.7. The van der Waals surface area contributed by atoms with Crippen molar-refractivity contribution < 1.29 is 19.4 Å². The SMILES string of the molecule is O=C(O)c1cc2ccccc2c(Br)c1OCC(=O)N1CCN(Cc2ccc(Cl)cc2)CC1. The van der Waals surface area contributed by atoms with Crippen molar-refractivity contribution in [2.45, 2.75) is 6.54 Å². The van der Waals surface area contributed by atoms with Gasteiger partial charge in [-0.3, -0.25) is 9.69 Å². The summed E-state index contributed by atoms with van der Waals surface area (Å²) in [4.78, 5) is 28.5. The lowest BCUT2D eigenvalue weighted by atomic mass is 10.1. The Morgan fingerprint density at radius 3 is 2.41 bits per heavy atom. The molecule has 0 aliphatic carbocycles. The van der Waals surface area contributed by atoms with E-state index in [2.05, 4.69) is 20.8 Å². The minimum atomic E-state index is -1.10. The van der Waals surface area contributed by atoms with E-state index in [1.165, 1.54) is 5.56 Å². The first kappa shape index (κ1) is 22.6. The Morgan fingerprint density at radius 1 is 1.03 bits per heavy atom. The lowest BCUT2D eigenvalue weighted by Crippen LogP contribution is -2.49. The van der Waals surface area contributed by atoms with E-state index in [0.29, 0.717) is 22.6 Å². The van der Waals surface area contributed by atoms with Gasteiger partial charge in [0.15, 0.2) is 6.61 Å². The number of ether oxygens (including phenoxy) is 1. The van der Waals surface area contributed by atoms with Gasteiger partial charge in [-0.15, -0.1) is 0 Å². The molecule has 32 heavy (non-hydrogen) atoms. The van der Waals surface area contributed by atoms with Crippen LogP contribution < -0.4 is 4.74 Å². The molecule has 1 fully saturated rings. The molecule has 1 aliphatic heterocycles. The molecule has 166 valence electrons. The summed E-state index contributed by atoms with van der Waals surface area (Å²) in [5, 5.41) is 11.9. The summed E-state index contributed by atoms with van der Waals surface area (Å²) in [6, 6.07) is 16.8. The number of rotatable bonds is 6. The Labute approximate surface area is 199 Å². The average molecular weight is 518 g/mol. The third kappa shape index (κ3) is 5.06. The zero-order valence-corrected chi connectivity index (χ0v) is 19.6. The molecule has 1 saturated heterocycles. The Hall–Kier alpha value is -2.61. The van der Waals surface area contributed by atoms with Crippen LogP contribution in [-0.4, -0.2) is 59.6 Å². The molecule has 0 saturated carbocycles. The van der Waals surface area contributed by atoms with E-state index in [9.17, 15) is 14.7 Å². The molecular weight excluding hydrogens is 496 g/mol. The number of piperazine rings is 1. The van der Waals surface area contributed by atoms with Crippen molar-refractivity contribution in [2.24, 2.45) is 0 Å². The number of hydrogen-bond acceptors (Lipinski definition) is 4. The average Bonchev–Trinajstić information content (AvgIpc) is 2.80. The molecule has 0 unspecified atom stereocenters. The fourth-order valence-electron chi connectivity index (χ4n) is 3.81. The number of benzene rings is 3. The van der Waals surface area contributed by atoms with Gasteiger partial charge in [-0.05, 0) is 50.5 Å². The van der Waals surface area contributed by atoms with E-state index in [1.807, 2.05) is 48.5 Å². The highest BCUT2D eigenvalue weighted by molar-refractivity contribution is 9.10. The van der Waals surface area contributed by atoms with Crippen LogP contribution in [0.4, 0.5) is 0 Å². The van der Waals surface area contributed by atoms with Gasteiger partial charge < -0.3 is 14.7 Å². The minimum Gasteiger partial charge on any atom is -0.482 e. The van der Waals surface area contributed by atoms with Gasteiger partial charge >= 0.3 is 5.97 Å². The number of amides is 1. The summed E-state index contributed by atoms with van der Waals surface area (Å²) in [5.41, 5.74) is 1.20. The van der Waals surface area contributed by atoms with Crippen LogP contribution in [-0.2, 0) is 11.3 Å². The summed E-state index contributed by atoms with van der Waals surface area (Å²) in [6.45, 7) is 3.31. The lowest BCUT2D eigenvalue weighted by molar-refractivity contribution is -0.135. The van der Waals surface area contributed by atoms with Crippen LogP contribution in [0, 0.1) is 0 Å². The summed E-state index contributed by atoms with van der Waals surface area (Å²) >= 11 is 9.41. The number of aromatic carboxylic acids is 1. The molecule has 3 aromatic carbocycles. The standard InChI is InChI=1S/C24H22BrClN2O4/c25-22-19-4-2-1-3-17(19)13-20(24(30)31)23(22)32-15-21(29)28-11-9-27(10-12-28)14-16-5-7-18(26)8-6-16/h1-8,13H,9-12,14-15H2,(H,30,31). The lowest BCUT2D eigenvalue weighted by Gasteiger charge is -2.34. The predicted molar refractivity (Wildman–Crippen MR) is 127 cm³/mol. The van der Waals surface area contributed by atoms with Gasteiger partial charge in [-0.1, -0.05) is 48.0 Å². The van der Waals surface area contributed by atoms with Gasteiger partial charge in [0.05, 0.1) is 4.47 Å². The highest BCUT2D eigenvalue weighted by Gasteiger charge is 2.24.